The third-order valence-corrected chi connectivity index (χ3v) is 1.73. The molecule has 0 spiro atoms. The number of nitrogens with one attached hydrogen (secondary N) is 1. The summed E-state index contributed by atoms with van der Waals surface area (Å²) in [4.78, 5) is 13.9. The van der Waals surface area contributed by atoms with Gasteiger partial charge < -0.3 is 5.32 Å². The van der Waals surface area contributed by atoms with Crippen LogP contribution in [0.4, 0.5) is 0 Å². The van der Waals surface area contributed by atoms with Crippen LogP contribution in [-0.4, -0.2) is 13.0 Å². The maximum absolute atomic E-state index is 11.2. The van der Waals surface area contributed by atoms with Gasteiger partial charge >= 0.3 is 0 Å². The summed E-state index contributed by atoms with van der Waals surface area (Å²) >= 11 is 0. The molecule has 0 fully saturated rings. The minimum Gasteiger partial charge on any atom is -0.355 e. The minimum absolute atomic E-state index is 0.146. The molecule has 72 valence electrons. The normalized spacial score (nSPS) is 8.93. The maximum Gasteiger partial charge on any atom is 0.251 e. The predicted octanol–water partition coefficient (Wildman–Crippen LogP) is 1.86. The van der Waals surface area contributed by atoms with Crippen LogP contribution >= 0.6 is 0 Å². The van der Waals surface area contributed by atoms with Crippen LogP contribution < -0.4 is 5.32 Å². The first-order chi connectivity index (χ1) is 6.77. The second-order valence-electron chi connectivity index (χ2n) is 2.67. The Bertz CT molecular complexity index is 382. The Morgan fingerprint density at radius 3 is 3.07 bits per heavy atom. The van der Waals surface area contributed by atoms with Crippen LogP contribution in [0.15, 0.2) is 29.4 Å². The molecule has 1 amide bonds. The van der Waals surface area contributed by atoms with Crippen molar-refractivity contribution in [1.82, 2.24) is 5.32 Å². The molecule has 0 aliphatic heterocycles. The van der Waals surface area contributed by atoms with E-state index in [1.54, 1.807) is 31.3 Å². The standard InChI is InChI=1S/C9H10N4O/c1-11-9(14)8-4-2-3-7(5-8)6-12-13-10/h2-5H,6H2,1H3,(H,11,14). The zero-order chi connectivity index (χ0) is 10.4. The molecule has 0 aliphatic rings. The lowest BCUT2D eigenvalue weighted by Crippen LogP contribution is -2.17. The lowest BCUT2D eigenvalue weighted by atomic mass is 10.1. The Morgan fingerprint density at radius 2 is 2.43 bits per heavy atom. The molecule has 0 radical (unpaired) electrons. The highest BCUT2D eigenvalue weighted by Crippen LogP contribution is 2.06. The molecular weight excluding hydrogens is 180 g/mol. The van der Waals surface area contributed by atoms with Crippen LogP contribution in [0.25, 0.3) is 10.4 Å². The molecule has 14 heavy (non-hydrogen) atoms. The molecule has 0 aromatic heterocycles. The van der Waals surface area contributed by atoms with Crippen molar-refractivity contribution >= 4 is 5.91 Å². The Balaban J connectivity index is 2.88. The fraction of sp³-hybridized carbons (Fsp3) is 0.222. The first-order valence-electron chi connectivity index (χ1n) is 4.10. The van der Waals surface area contributed by atoms with E-state index in [2.05, 4.69) is 15.3 Å². The molecule has 0 aliphatic carbocycles. The average Bonchev–Trinajstić information content (AvgIpc) is 2.25. The zero-order valence-corrected chi connectivity index (χ0v) is 7.77. The van der Waals surface area contributed by atoms with Gasteiger partial charge in [-0.2, -0.15) is 0 Å². The fourth-order valence-electron chi connectivity index (χ4n) is 1.07. The van der Waals surface area contributed by atoms with Crippen LogP contribution in [0.5, 0.6) is 0 Å². The molecule has 0 heterocycles. The molecule has 0 saturated heterocycles. The number of rotatable bonds is 3. The molecule has 5 heteroatoms. The molecule has 5 nitrogen and oxygen atoms in total. The van der Waals surface area contributed by atoms with Gasteiger partial charge in [-0.25, -0.2) is 0 Å². The van der Waals surface area contributed by atoms with Crippen LogP contribution in [0.3, 0.4) is 0 Å². The van der Waals surface area contributed by atoms with E-state index in [1.807, 2.05) is 0 Å². The summed E-state index contributed by atoms with van der Waals surface area (Å²) in [6.45, 7) is 0.265. The largest absolute Gasteiger partial charge is 0.355 e. The van der Waals surface area contributed by atoms with Gasteiger partial charge in [0.25, 0.3) is 5.91 Å². The second-order valence-corrected chi connectivity index (χ2v) is 2.67. The number of hydrogen-bond acceptors (Lipinski definition) is 2. The van der Waals surface area contributed by atoms with Gasteiger partial charge in [0.15, 0.2) is 0 Å². The lowest BCUT2D eigenvalue weighted by molar-refractivity contribution is 0.0963. The Hall–Kier alpha value is -2.00. The summed E-state index contributed by atoms with van der Waals surface area (Å²) in [6, 6.07) is 6.97. The van der Waals surface area contributed by atoms with Gasteiger partial charge in [0.1, 0.15) is 0 Å². The van der Waals surface area contributed by atoms with Crippen molar-refractivity contribution in [2.75, 3.05) is 7.05 Å². The van der Waals surface area contributed by atoms with Crippen molar-refractivity contribution in [2.45, 2.75) is 6.54 Å². The summed E-state index contributed by atoms with van der Waals surface area (Å²) in [5, 5.41) is 5.94. The quantitative estimate of drug-likeness (QED) is 0.440. The molecular formula is C9H10N4O. The van der Waals surface area contributed by atoms with Crippen molar-refractivity contribution in [2.24, 2.45) is 5.11 Å². The van der Waals surface area contributed by atoms with Crippen LogP contribution in [-0.2, 0) is 6.54 Å². The number of hydrogen-bond donors (Lipinski definition) is 1. The first kappa shape index (κ1) is 10.1. The summed E-state index contributed by atoms with van der Waals surface area (Å²) in [6.07, 6.45) is 0. The number of carbonyl (C=O) groups is 1. The fourth-order valence-corrected chi connectivity index (χ4v) is 1.07. The Labute approximate surface area is 81.4 Å². The van der Waals surface area contributed by atoms with Crippen molar-refractivity contribution in [3.63, 3.8) is 0 Å². The van der Waals surface area contributed by atoms with E-state index >= 15 is 0 Å². The van der Waals surface area contributed by atoms with E-state index in [-0.39, 0.29) is 12.5 Å². The third kappa shape index (κ3) is 2.50. The van der Waals surface area contributed by atoms with Gasteiger partial charge in [0, 0.05) is 17.5 Å². The highest BCUT2D eigenvalue weighted by atomic mass is 16.1. The topological polar surface area (TPSA) is 77.9 Å². The number of carbonyl (C=O) groups excluding carboxylic acids is 1. The predicted molar refractivity (Wildman–Crippen MR) is 52.7 cm³/mol. The average molecular weight is 190 g/mol. The van der Waals surface area contributed by atoms with Crippen LogP contribution in [0.1, 0.15) is 15.9 Å². The zero-order valence-electron chi connectivity index (χ0n) is 7.77. The minimum atomic E-state index is -0.146. The van der Waals surface area contributed by atoms with Gasteiger partial charge in [-0.05, 0) is 23.2 Å². The smallest absolute Gasteiger partial charge is 0.251 e. The molecule has 1 aromatic carbocycles. The van der Waals surface area contributed by atoms with Gasteiger partial charge in [0.2, 0.25) is 0 Å². The number of azide groups is 1. The maximum atomic E-state index is 11.2. The molecule has 1 rings (SSSR count). The van der Waals surface area contributed by atoms with Gasteiger partial charge in [0.05, 0.1) is 6.54 Å². The molecule has 0 saturated carbocycles. The van der Waals surface area contributed by atoms with Crippen molar-refractivity contribution < 1.29 is 4.79 Å². The summed E-state index contributed by atoms with van der Waals surface area (Å²) in [5.41, 5.74) is 9.52. The van der Waals surface area contributed by atoms with Crippen LogP contribution in [0.2, 0.25) is 0 Å². The van der Waals surface area contributed by atoms with E-state index in [0.717, 1.165) is 5.56 Å². The lowest BCUT2D eigenvalue weighted by Gasteiger charge is -2.01. The molecule has 1 aromatic rings. The van der Waals surface area contributed by atoms with E-state index in [1.165, 1.54) is 0 Å². The van der Waals surface area contributed by atoms with Crippen molar-refractivity contribution in [3.05, 3.63) is 45.8 Å². The summed E-state index contributed by atoms with van der Waals surface area (Å²) < 4.78 is 0. The Kier molecular flexibility index (Phi) is 3.52. The molecule has 1 N–H and O–H groups in total. The van der Waals surface area contributed by atoms with E-state index in [9.17, 15) is 4.79 Å². The molecule has 0 unspecified atom stereocenters. The number of amides is 1. The monoisotopic (exact) mass is 190 g/mol. The van der Waals surface area contributed by atoms with E-state index in [0.29, 0.717) is 5.56 Å². The third-order valence-electron chi connectivity index (χ3n) is 1.73. The summed E-state index contributed by atoms with van der Waals surface area (Å²) in [7, 11) is 1.57. The van der Waals surface area contributed by atoms with Gasteiger partial charge in [-0.15, -0.1) is 0 Å². The van der Waals surface area contributed by atoms with E-state index < -0.39 is 0 Å². The Morgan fingerprint density at radius 1 is 1.64 bits per heavy atom. The highest BCUT2D eigenvalue weighted by Gasteiger charge is 2.02. The van der Waals surface area contributed by atoms with Crippen molar-refractivity contribution in [3.8, 4) is 0 Å². The molecule has 0 bridgehead atoms. The summed E-state index contributed by atoms with van der Waals surface area (Å²) in [5.74, 6) is -0.146. The number of nitrogens with zero attached hydrogens (tertiary/aromatic N) is 3. The highest BCUT2D eigenvalue weighted by molar-refractivity contribution is 5.94. The van der Waals surface area contributed by atoms with Crippen LogP contribution in [0, 0.1) is 0 Å². The first-order valence-corrected chi connectivity index (χ1v) is 4.10. The van der Waals surface area contributed by atoms with E-state index in [4.69, 9.17) is 5.53 Å². The SMILES string of the molecule is CNC(=O)c1cccc(CN=[N+]=[N-])c1. The van der Waals surface area contributed by atoms with Gasteiger partial charge in [-0.3, -0.25) is 4.79 Å². The second kappa shape index (κ2) is 4.89. The van der Waals surface area contributed by atoms with Gasteiger partial charge in [-0.1, -0.05) is 17.2 Å². The number of benzene rings is 1. The van der Waals surface area contributed by atoms with Crippen molar-refractivity contribution in [1.29, 1.82) is 0 Å². The molecule has 0 atom stereocenters.